The highest BCUT2D eigenvalue weighted by atomic mass is 31.1. The molecular formula is C17H15N2OP. The van der Waals surface area contributed by atoms with Crippen LogP contribution in [0.4, 0.5) is 0 Å². The largest absolute Gasteiger partial charge is 0.497 e. The van der Waals surface area contributed by atoms with Crippen molar-refractivity contribution in [2.45, 2.75) is 0 Å². The maximum atomic E-state index is 5.24. The third kappa shape index (κ3) is 3.09. The van der Waals surface area contributed by atoms with Crippen LogP contribution in [0.25, 0.3) is 0 Å². The fraction of sp³-hybridized carbons (Fsp3) is 0.0588. The van der Waals surface area contributed by atoms with Crippen molar-refractivity contribution in [1.82, 2.24) is 9.97 Å². The first kappa shape index (κ1) is 13.7. The molecule has 0 radical (unpaired) electrons. The van der Waals surface area contributed by atoms with Gasteiger partial charge in [-0.15, -0.1) is 0 Å². The Balaban J connectivity index is 2.07. The van der Waals surface area contributed by atoms with Crippen molar-refractivity contribution >= 4 is 24.1 Å². The molecule has 0 fully saturated rings. The smallest absolute Gasteiger partial charge is 0.118 e. The van der Waals surface area contributed by atoms with Crippen LogP contribution in [0.2, 0.25) is 0 Å². The van der Waals surface area contributed by atoms with Crippen LogP contribution in [0.15, 0.2) is 73.1 Å². The Morgan fingerprint density at radius 1 is 0.762 bits per heavy atom. The van der Waals surface area contributed by atoms with E-state index in [1.165, 1.54) is 5.30 Å². The highest BCUT2D eigenvalue weighted by molar-refractivity contribution is 7.79. The Morgan fingerprint density at radius 2 is 1.33 bits per heavy atom. The molecule has 0 aliphatic rings. The van der Waals surface area contributed by atoms with E-state index in [4.69, 9.17) is 4.74 Å². The molecule has 0 saturated heterocycles. The van der Waals surface area contributed by atoms with E-state index >= 15 is 0 Å². The van der Waals surface area contributed by atoms with E-state index in [1.807, 2.05) is 48.8 Å². The van der Waals surface area contributed by atoms with E-state index < -0.39 is 7.92 Å². The van der Waals surface area contributed by atoms with Crippen LogP contribution in [0, 0.1) is 0 Å². The zero-order valence-corrected chi connectivity index (χ0v) is 12.6. The summed E-state index contributed by atoms with van der Waals surface area (Å²) >= 11 is 0. The van der Waals surface area contributed by atoms with Gasteiger partial charge in [0, 0.05) is 20.3 Å². The van der Waals surface area contributed by atoms with E-state index in [1.54, 1.807) is 7.11 Å². The number of rotatable bonds is 4. The first-order valence-corrected chi connectivity index (χ1v) is 7.99. The van der Waals surface area contributed by atoms with Gasteiger partial charge in [-0.3, -0.25) is 9.97 Å². The number of nitrogens with zero attached hydrogens (tertiary/aromatic N) is 2. The summed E-state index contributed by atoms with van der Waals surface area (Å²) in [7, 11) is 0.935. The quantitative estimate of drug-likeness (QED) is 0.692. The topological polar surface area (TPSA) is 35.0 Å². The first-order chi connectivity index (χ1) is 10.4. The van der Waals surface area contributed by atoms with Crippen LogP contribution in [0.1, 0.15) is 0 Å². The maximum absolute atomic E-state index is 5.24. The fourth-order valence-corrected chi connectivity index (χ4v) is 4.13. The number of hydrogen-bond donors (Lipinski definition) is 0. The lowest BCUT2D eigenvalue weighted by molar-refractivity contribution is 0.415. The second-order valence-electron chi connectivity index (χ2n) is 4.41. The molecule has 21 heavy (non-hydrogen) atoms. The molecule has 2 heterocycles. The third-order valence-electron chi connectivity index (χ3n) is 3.09. The van der Waals surface area contributed by atoms with Gasteiger partial charge >= 0.3 is 0 Å². The minimum Gasteiger partial charge on any atom is -0.497 e. The van der Waals surface area contributed by atoms with Crippen molar-refractivity contribution in [2.24, 2.45) is 0 Å². The van der Waals surface area contributed by atoms with Crippen LogP contribution in [-0.4, -0.2) is 17.1 Å². The maximum Gasteiger partial charge on any atom is 0.118 e. The molecule has 104 valence electrons. The monoisotopic (exact) mass is 294 g/mol. The van der Waals surface area contributed by atoms with Gasteiger partial charge < -0.3 is 4.74 Å². The average molecular weight is 294 g/mol. The molecule has 3 aromatic rings. The lowest BCUT2D eigenvalue weighted by atomic mass is 10.3. The average Bonchev–Trinajstić information content (AvgIpc) is 2.58. The fourth-order valence-electron chi connectivity index (χ4n) is 2.09. The second kappa shape index (κ2) is 6.47. The Kier molecular flexibility index (Phi) is 4.23. The molecule has 2 aromatic heterocycles. The molecule has 3 nitrogen and oxygen atoms in total. The summed E-state index contributed by atoms with van der Waals surface area (Å²) < 4.78 is 5.24. The zero-order valence-electron chi connectivity index (χ0n) is 11.7. The minimum absolute atomic E-state index is 0.741. The van der Waals surface area contributed by atoms with E-state index in [-0.39, 0.29) is 0 Å². The van der Waals surface area contributed by atoms with Crippen molar-refractivity contribution in [2.75, 3.05) is 7.11 Å². The summed E-state index contributed by atoms with van der Waals surface area (Å²) in [5.74, 6) is 0.857. The molecule has 0 aliphatic carbocycles. The molecule has 4 heteroatoms. The molecule has 0 aliphatic heterocycles. The third-order valence-corrected chi connectivity index (χ3v) is 5.35. The Morgan fingerprint density at radius 3 is 1.76 bits per heavy atom. The second-order valence-corrected chi connectivity index (χ2v) is 6.51. The van der Waals surface area contributed by atoms with Crippen LogP contribution < -0.4 is 20.9 Å². The van der Waals surface area contributed by atoms with Crippen LogP contribution >= 0.6 is 7.92 Å². The molecule has 0 bridgehead atoms. The molecule has 0 amide bonds. The summed E-state index contributed by atoms with van der Waals surface area (Å²) in [5.41, 5.74) is 2.10. The number of methoxy groups -OCH3 is 1. The Bertz CT molecular complexity index is 648. The van der Waals surface area contributed by atoms with E-state index in [0.29, 0.717) is 0 Å². The van der Waals surface area contributed by atoms with Gasteiger partial charge in [-0.2, -0.15) is 0 Å². The van der Waals surface area contributed by atoms with Crippen molar-refractivity contribution in [3.63, 3.8) is 0 Å². The van der Waals surface area contributed by atoms with E-state index in [0.717, 1.165) is 16.6 Å². The van der Waals surface area contributed by atoms with Gasteiger partial charge in [-0.1, -0.05) is 24.3 Å². The number of benzene rings is 1. The lowest BCUT2D eigenvalue weighted by Gasteiger charge is -2.17. The zero-order chi connectivity index (χ0) is 14.5. The predicted octanol–water partition coefficient (Wildman–Crippen LogP) is 2.24. The van der Waals surface area contributed by atoms with Gasteiger partial charge in [0.1, 0.15) is 5.75 Å². The van der Waals surface area contributed by atoms with Crippen LogP contribution in [0.3, 0.4) is 0 Å². The summed E-state index contributed by atoms with van der Waals surface area (Å²) in [4.78, 5) is 9.06. The highest BCUT2D eigenvalue weighted by Crippen LogP contribution is 2.31. The van der Waals surface area contributed by atoms with E-state index in [2.05, 4.69) is 34.2 Å². The Hall–Kier alpha value is -2.25. The van der Waals surface area contributed by atoms with Crippen molar-refractivity contribution in [1.29, 1.82) is 0 Å². The minimum atomic E-state index is -0.741. The molecule has 0 unspecified atom stereocenters. The molecule has 0 saturated carbocycles. The summed E-state index contributed by atoms with van der Waals surface area (Å²) in [5, 5.41) is 1.21. The lowest BCUT2D eigenvalue weighted by Crippen LogP contribution is -2.24. The molecular weight excluding hydrogens is 279 g/mol. The molecule has 0 atom stereocenters. The van der Waals surface area contributed by atoms with Crippen molar-refractivity contribution < 1.29 is 4.74 Å². The van der Waals surface area contributed by atoms with Gasteiger partial charge in [-0.05, 0) is 41.7 Å². The Labute approximate surface area is 125 Å². The van der Waals surface area contributed by atoms with Gasteiger partial charge in [0.2, 0.25) is 0 Å². The summed E-state index contributed by atoms with van der Waals surface area (Å²) in [6.07, 6.45) is 3.66. The number of hydrogen-bond acceptors (Lipinski definition) is 3. The highest BCUT2D eigenvalue weighted by Gasteiger charge is 2.18. The van der Waals surface area contributed by atoms with Crippen LogP contribution in [0.5, 0.6) is 5.75 Å². The van der Waals surface area contributed by atoms with Gasteiger partial charge in [0.05, 0.1) is 18.0 Å². The molecule has 0 N–H and O–H groups in total. The standard InChI is InChI=1S/C17H15N2OP/c1-20-14-8-10-15(11-9-14)21(16-6-2-4-12-18-16)17-7-3-5-13-19-17/h2-13H,1H3. The van der Waals surface area contributed by atoms with E-state index in [9.17, 15) is 0 Å². The predicted molar refractivity (Wildman–Crippen MR) is 87.3 cm³/mol. The summed E-state index contributed by atoms with van der Waals surface area (Å²) in [6.45, 7) is 0. The number of aromatic nitrogens is 2. The van der Waals surface area contributed by atoms with Gasteiger partial charge in [0.15, 0.2) is 0 Å². The molecule has 1 aromatic carbocycles. The molecule has 0 spiro atoms. The SMILES string of the molecule is COc1ccc(P(c2ccccn2)c2ccccn2)cc1. The summed E-state index contributed by atoms with van der Waals surface area (Å²) in [6, 6.07) is 20.2. The van der Waals surface area contributed by atoms with Gasteiger partial charge in [0.25, 0.3) is 0 Å². The van der Waals surface area contributed by atoms with Gasteiger partial charge in [-0.25, -0.2) is 0 Å². The van der Waals surface area contributed by atoms with Crippen molar-refractivity contribution in [3.8, 4) is 5.75 Å². The van der Waals surface area contributed by atoms with Crippen LogP contribution in [-0.2, 0) is 0 Å². The number of ether oxygens (including phenoxy) is 1. The first-order valence-electron chi connectivity index (χ1n) is 6.65. The van der Waals surface area contributed by atoms with Crippen molar-refractivity contribution in [3.05, 3.63) is 73.1 Å². The normalized spacial score (nSPS) is 10.6. The number of pyridine rings is 2. The molecule has 3 rings (SSSR count).